The van der Waals surface area contributed by atoms with Crippen molar-refractivity contribution in [2.75, 3.05) is 0 Å². The van der Waals surface area contributed by atoms with Crippen molar-refractivity contribution in [3.8, 4) is 0 Å². The first-order valence-corrected chi connectivity index (χ1v) is 6.64. The lowest BCUT2D eigenvalue weighted by atomic mass is 10.5. The monoisotopic (exact) mass is 159 g/mol. The molecule has 0 fully saturated rings. The Morgan fingerprint density at radius 2 is 2.10 bits per heavy atom. The van der Waals surface area contributed by atoms with E-state index in [1.165, 1.54) is 0 Å². The fourth-order valence-electron chi connectivity index (χ4n) is 0.431. The number of hydrogen-bond acceptors (Lipinski definition) is 2. The first kappa shape index (κ1) is 9.69. The topological polar surface area (TPSA) is 26.3 Å². The van der Waals surface area contributed by atoms with E-state index < -0.39 is 8.32 Å². The molecule has 0 spiro atoms. The molecular formula is C7H15O2Si. The van der Waals surface area contributed by atoms with Crippen LogP contribution in [0, 0.1) is 6.92 Å². The Balaban J connectivity index is 3.76. The molecule has 0 saturated heterocycles. The summed E-state index contributed by atoms with van der Waals surface area (Å²) in [6.45, 7) is 9.55. The van der Waals surface area contributed by atoms with Crippen LogP contribution in [0.25, 0.3) is 0 Å². The molecule has 3 heteroatoms. The lowest BCUT2D eigenvalue weighted by Gasteiger charge is -2.19. The SMILES string of the molecule is [CH2]CC(=O)O[Si](C)(C)CC. The normalized spacial score (nSPS) is 11.2. The van der Waals surface area contributed by atoms with Crippen LogP contribution in [0.15, 0.2) is 0 Å². The van der Waals surface area contributed by atoms with Crippen molar-refractivity contribution in [3.05, 3.63) is 6.92 Å². The van der Waals surface area contributed by atoms with Crippen molar-refractivity contribution >= 4 is 14.3 Å². The molecule has 0 rings (SSSR count). The van der Waals surface area contributed by atoms with Gasteiger partial charge in [-0.05, 0) is 26.1 Å². The lowest BCUT2D eigenvalue weighted by Crippen LogP contribution is -2.31. The minimum absolute atomic E-state index is 0.168. The summed E-state index contributed by atoms with van der Waals surface area (Å²) in [5.74, 6) is -0.168. The van der Waals surface area contributed by atoms with Crippen molar-refractivity contribution in [2.24, 2.45) is 0 Å². The molecule has 10 heavy (non-hydrogen) atoms. The second-order valence-electron chi connectivity index (χ2n) is 2.84. The van der Waals surface area contributed by atoms with Crippen molar-refractivity contribution in [1.82, 2.24) is 0 Å². The molecule has 0 aliphatic heterocycles. The van der Waals surface area contributed by atoms with Crippen LogP contribution in [0.4, 0.5) is 0 Å². The highest BCUT2D eigenvalue weighted by Crippen LogP contribution is 2.10. The van der Waals surface area contributed by atoms with Gasteiger partial charge in [0.25, 0.3) is 5.97 Å². The van der Waals surface area contributed by atoms with E-state index in [9.17, 15) is 4.79 Å². The molecule has 0 unspecified atom stereocenters. The lowest BCUT2D eigenvalue weighted by molar-refractivity contribution is -0.134. The molecule has 1 radical (unpaired) electrons. The molecule has 0 aromatic heterocycles. The van der Waals surface area contributed by atoms with Gasteiger partial charge in [0, 0.05) is 6.42 Å². The van der Waals surface area contributed by atoms with Crippen molar-refractivity contribution in [2.45, 2.75) is 32.5 Å². The highest BCUT2D eigenvalue weighted by atomic mass is 28.4. The Kier molecular flexibility index (Phi) is 3.64. The summed E-state index contributed by atoms with van der Waals surface area (Å²) in [6, 6.07) is 0.971. The van der Waals surface area contributed by atoms with Crippen LogP contribution in [0.3, 0.4) is 0 Å². The zero-order chi connectivity index (χ0) is 8.20. The summed E-state index contributed by atoms with van der Waals surface area (Å²) in [5.41, 5.74) is 0. The van der Waals surface area contributed by atoms with E-state index in [0.717, 1.165) is 6.04 Å². The Bertz CT molecular complexity index is 121. The molecular weight excluding hydrogens is 144 g/mol. The molecule has 0 aromatic carbocycles. The van der Waals surface area contributed by atoms with Gasteiger partial charge in [0.15, 0.2) is 0 Å². The Labute approximate surface area is 63.7 Å². The van der Waals surface area contributed by atoms with Gasteiger partial charge in [0.05, 0.1) is 0 Å². The maximum Gasteiger partial charge on any atom is 0.292 e. The van der Waals surface area contributed by atoms with E-state index in [2.05, 4.69) is 6.92 Å². The first-order chi connectivity index (χ1) is 4.52. The number of rotatable bonds is 3. The molecule has 59 valence electrons. The first-order valence-electron chi connectivity index (χ1n) is 3.53. The van der Waals surface area contributed by atoms with Gasteiger partial charge < -0.3 is 4.43 Å². The second kappa shape index (κ2) is 3.76. The van der Waals surface area contributed by atoms with E-state index in [-0.39, 0.29) is 12.4 Å². The van der Waals surface area contributed by atoms with Crippen molar-refractivity contribution < 1.29 is 9.22 Å². The zero-order valence-corrected chi connectivity index (χ0v) is 7.94. The summed E-state index contributed by atoms with van der Waals surface area (Å²) >= 11 is 0. The van der Waals surface area contributed by atoms with E-state index in [1.807, 2.05) is 20.0 Å². The van der Waals surface area contributed by atoms with Crippen LogP contribution in [-0.4, -0.2) is 14.3 Å². The number of hydrogen-bond donors (Lipinski definition) is 0. The molecule has 2 nitrogen and oxygen atoms in total. The molecule has 0 heterocycles. The highest BCUT2D eigenvalue weighted by Gasteiger charge is 2.23. The summed E-state index contributed by atoms with van der Waals surface area (Å²) < 4.78 is 5.17. The van der Waals surface area contributed by atoms with Gasteiger partial charge in [-0.1, -0.05) is 6.92 Å². The van der Waals surface area contributed by atoms with Gasteiger partial charge in [-0.2, -0.15) is 0 Å². The summed E-state index contributed by atoms with van der Waals surface area (Å²) in [4.78, 5) is 10.7. The minimum Gasteiger partial charge on any atom is -0.520 e. The summed E-state index contributed by atoms with van der Waals surface area (Å²) in [6.07, 6.45) is 0.246. The Morgan fingerprint density at radius 1 is 1.60 bits per heavy atom. The fourth-order valence-corrected chi connectivity index (χ4v) is 1.29. The summed E-state index contributed by atoms with van der Waals surface area (Å²) in [5, 5.41) is 0. The Hall–Kier alpha value is -0.313. The van der Waals surface area contributed by atoms with E-state index in [1.54, 1.807) is 0 Å². The maximum absolute atomic E-state index is 10.7. The largest absolute Gasteiger partial charge is 0.520 e. The third-order valence-corrected chi connectivity index (χ3v) is 3.93. The predicted octanol–water partition coefficient (Wildman–Crippen LogP) is 1.98. The molecule has 0 saturated carbocycles. The number of carbonyl (C=O) groups excluding carboxylic acids is 1. The molecule has 0 aromatic rings. The Morgan fingerprint density at radius 3 is 2.40 bits per heavy atom. The second-order valence-corrected chi connectivity index (χ2v) is 7.27. The standard InChI is InChI=1S/C7H15O2Si/c1-5-7(8)9-10(3,4)6-2/h1,5-6H2,2-4H3. The molecule has 0 amide bonds. The van der Waals surface area contributed by atoms with E-state index in [4.69, 9.17) is 4.43 Å². The predicted molar refractivity (Wildman–Crippen MR) is 44.0 cm³/mol. The average Bonchev–Trinajstić information content (AvgIpc) is 1.87. The molecule has 0 aliphatic rings. The van der Waals surface area contributed by atoms with Gasteiger partial charge in [0.1, 0.15) is 0 Å². The molecule has 0 bridgehead atoms. The van der Waals surface area contributed by atoms with Crippen LogP contribution >= 0.6 is 0 Å². The maximum atomic E-state index is 10.7. The third kappa shape index (κ3) is 3.66. The zero-order valence-electron chi connectivity index (χ0n) is 6.94. The highest BCUT2D eigenvalue weighted by molar-refractivity contribution is 6.72. The van der Waals surface area contributed by atoms with E-state index >= 15 is 0 Å². The third-order valence-electron chi connectivity index (χ3n) is 1.45. The molecule has 0 N–H and O–H groups in total. The van der Waals surface area contributed by atoms with Gasteiger partial charge in [-0.15, -0.1) is 0 Å². The van der Waals surface area contributed by atoms with Gasteiger partial charge in [-0.25, -0.2) is 0 Å². The fraction of sp³-hybridized carbons (Fsp3) is 0.714. The van der Waals surface area contributed by atoms with Gasteiger partial charge in [-0.3, -0.25) is 4.79 Å². The quantitative estimate of drug-likeness (QED) is 0.589. The van der Waals surface area contributed by atoms with Crippen LogP contribution in [-0.2, 0) is 9.22 Å². The van der Waals surface area contributed by atoms with E-state index in [0.29, 0.717) is 0 Å². The molecule has 0 atom stereocenters. The van der Waals surface area contributed by atoms with Crippen LogP contribution < -0.4 is 0 Å². The molecule has 0 aliphatic carbocycles. The van der Waals surface area contributed by atoms with Crippen LogP contribution in [0.1, 0.15) is 13.3 Å². The average molecular weight is 159 g/mol. The smallest absolute Gasteiger partial charge is 0.292 e. The van der Waals surface area contributed by atoms with Crippen molar-refractivity contribution in [3.63, 3.8) is 0 Å². The van der Waals surface area contributed by atoms with Gasteiger partial charge >= 0.3 is 0 Å². The van der Waals surface area contributed by atoms with Crippen LogP contribution in [0.2, 0.25) is 19.1 Å². The van der Waals surface area contributed by atoms with Gasteiger partial charge in [0.2, 0.25) is 8.32 Å². The van der Waals surface area contributed by atoms with Crippen molar-refractivity contribution in [1.29, 1.82) is 0 Å². The minimum atomic E-state index is -1.65. The van der Waals surface area contributed by atoms with Crippen LogP contribution in [0.5, 0.6) is 0 Å². The summed E-state index contributed by atoms with van der Waals surface area (Å²) in [7, 11) is -1.65. The number of carbonyl (C=O) groups is 1.